The predicted molar refractivity (Wildman–Crippen MR) is 97.1 cm³/mol. The van der Waals surface area contributed by atoms with Crippen LogP contribution in [0.5, 0.6) is 11.5 Å². The number of benzene rings is 2. The molecule has 6 nitrogen and oxygen atoms in total. The van der Waals surface area contributed by atoms with Crippen molar-refractivity contribution in [1.29, 1.82) is 0 Å². The van der Waals surface area contributed by atoms with E-state index < -0.39 is 23.1 Å². The Hall–Kier alpha value is -3.42. The molecule has 0 fully saturated rings. The van der Waals surface area contributed by atoms with Crippen molar-refractivity contribution in [2.45, 2.75) is 20.0 Å². The number of oxazole rings is 1. The minimum absolute atomic E-state index is 0.204. The highest BCUT2D eigenvalue weighted by Crippen LogP contribution is 2.28. The van der Waals surface area contributed by atoms with E-state index >= 15 is 0 Å². The Morgan fingerprint density at radius 2 is 1.89 bits per heavy atom. The summed E-state index contributed by atoms with van der Waals surface area (Å²) < 4.78 is 43.9. The Kier molecular flexibility index (Phi) is 5.58. The summed E-state index contributed by atoms with van der Waals surface area (Å²) in [6, 6.07) is 9.29. The number of nitrogens with two attached hydrogens (primary N) is 1. The molecule has 0 aliphatic rings. The summed E-state index contributed by atoms with van der Waals surface area (Å²) in [7, 11) is 1.58. The maximum Gasteiger partial charge on any atom is 0.254 e. The van der Waals surface area contributed by atoms with Gasteiger partial charge in [-0.15, -0.1) is 0 Å². The summed E-state index contributed by atoms with van der Waals surface area (Å²) in [6.45, 7) is 1.71. The molecule has 2 aromatic carbocycles. The van der Waals surface area contributed by atoms with E-state index in [0.717, 1.165) is 17.7 Å². The van der Waals surface area contributed by atoms with Crippen molar-refractivity contribution in [3.63, 3.8) is 0 Å². The number of primary amides is 1. The van der Waals surface area contributed by atoms with Crippen LogP contribution in [0.15, 0.2) is 40.8 Å². The fourth-order valence-electron chi connectivity index (χ4n) is 2.69. The van der Waals surface area contributed by atoms with Gasteiger partial charge in [0.15, 0.2) is 18.2 Å². The summed E-state index contributed by atoms with van der Waals surface area (Å²) in [5.41, 5.74) is 5.62. The SMILES string of the molecule is CCc1oc(COc2ccc(F)c(C(N)=O)c2F)nc1-c1ccc(OC)cc1. The quantitative estimate of drug-likeness (QED) is 0.664. The van der Waals surface area contributed by atoms with Gasteiger partial charge >= 0.3 is 0 Å². The molecule has 1 heterocycles. The highest BCUT2D eigenvalue weighted by atomic mass is 19.1. The smallest absolute Gasteiger partial charge is 0.254 e. The molecule has 0 spiro atoms. The van der Waals surface area contributed by atoms with E-state index in [0.29, 0.717) is 23.6 Å². The molecule has 0 radical (unpaired) electrons. The third kappa shape index (κ3) is 3.80. The van der Waals surface area contributed by atoms with Gasteiger partial charge in [0.2, 0.25) is 5.89 Å². The van der Waals surface area contributed by atoms with Gasteiger partial charge in [0.1, 0.15) is 28.6 Å². The molecule has 0 atom stereocenters. The number of ether oxygens (including phenoxy) is 2. The van der Waals surface area contributed by atoms with E-state index in [1.54, 1.807) is 19.2 Å². The summed E-state index contributed by atoms with van der Waals surface area (Å²) in [4.78, 5) is 15.6. The Morgan fingerprint density at radius 3 is 2.50 bits per heavy atom. The van der Waals surface area contributed by atoms with Gasteiger partial charge in [-0.3, -0.25) is 4.79 Å². The number of hydrogen-bond acceptors (Lipinski definition) is 5. The number of aryl methyl sites for hydroxylation is 1. The molecule has 3 rings (SSSR count). The first-order valence-electron chi connectivity index (χ1n) is 8.48. The predicted octanol–water partition coefficient (Wildman–Crippen LogP) is 3.87. The average molecular weight is 388 g/mol. The molecule has 0 bridgehead atoms. The number of hydrogen-bond donors (Lipinski definition) is 1. The number of carbonyl (C=O) groups is 1. The van der Waals surface area contributed by atoms with Crippen LogP contribution in [0.25, 0.3) is 11.3 Å². The number of carbonyl (C=O) groups excluding carboxylic acids is 1. The van der Waals surface area contributed by atoms with Crippen LogP contribution in [-0.4, -0.2) is 18.0 Å². The zero-order valence-electron chi connectivity index (χ0n) is 15.3. The highest BCUT2D eigenvalue weighted by molar-refractivity contribution is 5.93. The third-order valence-electron chi connectivity index (χ3n) is 4.08. The number of halogens is 2. The molecule has 1 aromatic heterocycles. The Labute approximate surface area is 159 Å². The van der Waals surface area contributed by atoms with E-state index in [1.807, 2.05) is 19.1 Å². The molecule has 8 heteroatoms. The number of rotatable bonds is 7. The largest absolute Gasteiger partial charge is 0.497 e. The summed E-state index contributed by atoms with van der Waals surface area (Å²) in [6.07, 6.45) is 0.588. The lowest BCUT2D eigenvalue weighted by Gasteiger charge is -2.08. The van der Waals surface area contributed by atoms with E-state index in [1.165, 1.54) is 0 Å². The number of nitrogens with zero attached hydrogens (tertiary/aromatic N) is 1. The van der Waals surface area contributed by atoms with Crippen molar-refractivity contribution >= 4 is 5.91 Å². The number of aromatic nitrogens is 1. The van der Waals surface area contributed by atoms with Gasteiger partial charge < -0.3 is 19.6 Å². The third-order valence-corrected chi connectivity index (χ3v) is 4.08. The van der Waals surface area contributed by atoms with Gasteiger partial charge in [0.05, 0.1) is 7.11 Å². The minimum Gasteiger partial charge on any atom is -0.497 e. The van der Waals surface area contributed by atoms with Gasteiger partial charge in [-0.1, -0.05) is 6.92 Å². The van der Waals surface area contributed by atoms with Gasteiger partial charge in [-0.25, -0.2) is 13.8 Å². The molecule has 0 aliphatic carbocycles. The van der Waals surface area contributed by atoms with Crippen LogP contribution in [0, 0.1) is 11.6 Å². The molecule has 1 amide bonds. The average Bonchev–Trinajstić information content (AvgIpc) is 3.10. The maximum atomic E-state index is 14.2. The fraction of sp³-hybridized carbons (Fsp3) is 0.200. The first kappa shape index (κ1) is 19.3. The Balaban J connectivity index is 1.83. The van der Waals surface area contributed by atoms with Crippen molar-refractivity contribution in [3.05, 3.63) is 65.2 Å². The minimum atomic E-state index is -1.22. The van der Waals surface area contributed by atoms with Crippen LogP contribution in [0.3, 0.4) is 0 Å². The molecule has 3 aromatic rings. The number of methoxy groups -OCH3 is 1. The standard InChI is InChI=1S/C20H18F2N2O4/c1-3-14-19(11-4-6-12(26-2)7-5-11)24-16(28-14)10-27-15-9-8-13(21)17(18(15)22)20(23)25/h4-9H,3,10H2,1-2H3,(H2,23,25). The molecule has 0 saturated heterocycles. The first-order chi connectivity index (χ1) is 13.4. The van der Waals surface area contributed by atoms with E-state index in [9.17, 15) is 13.6 Å². The molecule has 146 valence electrons. The van der Waals surface area contributed by atoms with Crippen LogP contribution < -0.4 is 15.2 Å². The molecule has 0 aliphatic heterocycles. The monoisotopic (exact) mass is 388 g/mol. The molecule has 28 heavy (non-hydrogen) atoms. The van der Waals surface area contributed by atoms with Crippen LogP contribution in [-0.2, 0) is 13.0 Å². The molecular formula is C20H18F2N2O4. The van der Waals surface area contributed by atoms with E-state index in [2.05, 4.69) is 4.98 Å². The molecule has 0 unspecified atom stereocenters. The van der Waals surface area contributed by atoms with Crippen molar-refractivity contribution in [2.24, 2.45) is 5.73 Å². The van der Waals surface area contributed by atoms with Crippen LogP contribution >= 0.6 is 0 Å². The summed E-state index contributed by atoms with van der Waals surface area (Å²) >= 11 is 0. The van der Waals surface area contributed by atoms with Crippen LogP contribution in [0.1, 0.15) is 28.9 Å². The lowest BCUT2D eigenvalue weighted by atomic mass is 10.1. The lowest BCUT2D eigenvalue weighted by Crippen LogP contribution is -2.16. The van der Waals surface area contributed by atoms with Crippen molar-refractivity contribution in [3.8, 4) is 22.8 Å². The molecular weight excluding hydrogens is 370 g/mol. The zero-order chi connectivity index (χ0) is 20.3. The van der Waals surface area contributed by atoms with E-state index in [4.69, 9.17) is 19.6 Å². The first-order valence-corrected chi connectivity index (χ1v) is 8.48. The van der Waals surface area contributed by atoms with Gasteiger partial charge in [-0.05, 0) is 36.4 Å². The summed E-state index contributed by atoms with van der Waals surface area (Å²) in [5, 5.41) is 0. The Bertz CT molecular complexity index is 1000. The van der Waals surface area contributed by atoms with E-state index in [-0.39, 0.29) is 18.2 Å². The van der Waals surface area contributed by atoms with Crippen LogP contribution in [0.2, 0.25) is 0 Å². The van der Waals surface area contributed by atoms with Gasteiger partial charge in [0, 0.05) is 12.0 Å². The second-order valence-electron chi connectivity index (χ2n) is 5.85. The Morgan fingerprint density at radius 1 is 1.18 bits per heavy atom. The second kappa shape index (κ2) is 8.08. The van der Waals surface area contributed by atoms with Crippen molar-refractivity contribution in [2.75, 3.05) is 7.11 Å². The normalized spacial score (nSPS) is 10.7. The van der Waals surface area contributed by atoms with Gasteiger partial charge in [0.25, 0.3) is 5.91 Å². The van der Waals surface area contributed by atoms with Crippen molar-refractivity contribution < 1.29 is 27.5 Å². The summed E-state index contributed by atoms with van der Waals surface area (Å²) in [5.74, 6) is -2.18. The maximum absolute atomic E-state index is 14.2. The zero-order valence-corrected chi connectivity index (χ0v) is 15.3. The molecule has 2 N–H and O–H groups in total. The number of amides is 1. The fourth-order valence-corrected chi connectivity index (χ4v) is 2.69. The van der Waals surface area contributed by atoms with Crippen molar-refractivity contribution in [1.82, 2.24) is 4.98 Å². The topological polar surface area (TPSA) is 87.6 Å². The highest BCUT2D eigenvalue weighted by Gasteiger charge is 2.20. The lowest BCUT2D eigenvalue weighted by molar-refractivity contribution is 0.0991. The van der Waals surface area contributed by atoms with Gasteiger partial charge in [-0.2, -0.15) is 0 Å². The molecule has 0 saturated carbocycles. The van der Waals surface area contributed by atoms with Crippen LogP contribution in [0.4, 0.5) is 8.78 Å². The second-order valence-corrected chi connectivity index (χ2v) is 5.85.